The molecular formula is C13H11Cl3N2O4. The van der Waals surface area contributed by atoms with E-state index in [1.165, 1.54) is 25.3 Å². The molecule has 118 valence electrons. The summed E-state index contributed by atoms with van der Waals surface area (Å²) in [6.45, 7) is 0. The van der Waals surface area contributed by atoms with Crippen molar-refractivity contribution in [2.75, 3.05) is 12.8 Å². The Morgan fingerprint density at radius 3 is 2.36 bits per heavy atom. The molecule has 0 aromatic heterocycles. The molecule has 0 saturated carbocycles. The number of nitro benzene ring substituents is 1. The van der Waals surface area contributed by atoms with Crippen LogP contribution in [0.1, 0.15) is 0 Å². The van der Waals surface area contributed by atoms with Gasteiger partial charge in [-0.25, -0.2) is 0 Å². The first-order chi connectivity index (χ1) is 9.92. The molecule has 0 bridgehead atoms. The van der Waals surface area contributed by atoms with Crippen molar-refractivity contribution in [1.29, 1.82) is 0 Å². The summed E-state index contributed by atoms with van der Waals surface area (Å²) in [7, 11) is 1.37. The number of anilines is 1. The SMILES string of the molecule is COc1cc([N+](=O)[O-])c(N)cc1Oc1ccc(Cl)c(Cl)c1.Cl. The van der Waals surface area contributed by atoms with Crippen molar-refractivity contribution in [2.24, 2.45) is 0 Å². The summed E-state index contributed by atoms with van der Waals surface area (Å²) >= 11 is 11.7. The summed E-state index contributed by atoms with van der Waals surface area (Å²) in [4.78, 5) is 10.2. The number of nitrogen functional groups attached to an aromatic ring is 1. The second kappa shape index (κ2) is 7.40. The van der Waals surface area contributed by atoms with E-state index in [1.54, 1.807) is 12.1 Å². The number of methoxy groups -OCH3 is 1. The third-order valence-electron chi connectivity index (χ3n) is 2.63. The van der Waals surface area contributed by atoms with Crippen LogP contribution in [-0.2, 0) is 0 Å². The van der Waals surface area contributed by atoms with Crippen molar-refractivity contribution in [2.45, 2.75) is 0 Å². The van der Waals surface area contributed by atoms with Crippen molar-refractivity contribution < 1.29 is 14.4 Å². The van der Waals surface area contributed by atoms with Gasteiger partial charge in [0.2, 0.25) is 0 Å². The molecular weight excluding hydrogens is 355 g/mol. The largest absolute Gasteiger partial charge is 0.493 e. The maximum Gasteiger partial charge on any atom is 0.296 e. The zero-order valence-electron chi connectivity index (χ0n) is 11.2. The number of benzene rings is 2. The first-order valence-electron chi connectivity index (χ1n) is 5.67. The van der Waals surface area contributed by atoms with E-state index in [0.29, 0.717) is 15.8 Å². The minimum absolute atomic E-state index is 0. The highest BCUT2D eigenvalue weighted by molar-refractivity contribution is 6.42. The third kappa shape index (κ3) is 3.85. The number of nitrogens with zero attached hydrogens (tertiary/aromatic N) is 1. The lowest BCUT2D eigenvalue weighted by atomic mass is 10.2. The first kappa shape index (κ1) is 18.2. The minimum Gasteiger partial charge on any atom is -0.493 e. The molecule has 0 aliphatic carbocycles. The van der Waals surface area contributed by atoms with Crippen LogP contribution in [0.4, 0.5) is 11.4 Å². The maximum absolute atomic E-state index is 10.8. The lowest BCUT2D eigenvalue weighted by Crippen LogP contribution is -1.98. The Bertz CT molecular complexity index is 710. The number of nitrogens with two attached hydrogens (primary N) is 1. The number of nitro groups is 1. The minimum atomic E-state index is -0.596. The molecule has 2 N–H and O–H groups in total. The molecule has 0 atom stereocenters. The Labute approximate surface area is 142 Å². The van der Waals surface area contributed by atoms with Crippen LogP contribution in [-0.4, -0.2) is 12.0 Å². The molecule has 0 heterocycles. The van der Waals surface area contributed by atoms with Crippen molar-refractivity contribution in [3.8, 4) is 17.2 Å². The molecule has 0 fully saturated rings. The first-order valence-corrected chi connectivity index (χ1v) is 6.42. The fraction of sp³-hybridized carbons (Fsp3) is 0.0769. The highest BCUT2D eigenvalue weighted by atomic mass is 35.5. The zero-order chi connectivity index (χ0) is 15.6. The van der Waals surface area contributed by atoms with Crippen LogP contribution in [0, 0.1) is 10.1 Å². The second-order valence-corrected chi connectivity index (χ2v) is 4.81. The molecule has 0 saturated heterocycles. The molecule has 2 rings (SSSR count). The van der Waals surface area contributed by atoms with E-state index in [2.05, 4.69) is 0 Å². The zero-order valence-corrected chi connectivity index (χ0v) is 13.5. The van der Waals surface area contributed by atoms with Gasteiger partial charge in [-0.1, -0.05) is 23.2 Å². The van der Waals surface area contributed by atoms with Crippen molar-refractivity contribution in [1.82, 2.24) is 0 Å². The van der Waals surface area contributed by atoms with Gasteiger partial charge in [-0.05, 0) is 12.1 Å². The molecule has 2 aromatic carbocycles. The summed E-state index contributed by atoms with van der Waals surface area (Å²) < 4.78 is 10.7. The van der Waals surface area contributed by atoms with Gasteiger partial charge in [-0.15, -0.1) is 12.4 Å². The summed E-state index contributed by atoms with van der Waals surface area (Å²) in [6.07, 6.45) is 0. The van der Waals surface area contributed by atoms with Crippen LogP contribution in [0.15, 0.2) is 30.3 Å². The fourth-order valence-corrected chi connectivity index (χ4v) is 1.92. The number of halogens is 3. The van der Waals surface area contributed by atoms with Gasteiger partial charge in [-0.3, -0.25) is 10.1 Å². The van der Waals surface area contributed by atoms with Crippen LogP contribution >= 0.6 is 35.6 Å². The average Bonchev–Trinajstić information content (AvgIpc) is 2.43. The Morgan fingerprint density at radius 2 is 1.82 bits per heavy atom. The van der Waals surface area contributed by atoms with Crippen molar-refractivity contribution >= 4 is 47.0 Å². The monoisotopic (exact) mass is 364 g/mol. The van der Waals surface area contributed by atoms with Crippen LogP contribution in [0.3, 0.4) is 0 Å². The normalized spacial score (nSPS) is 9.77. The predicted octanol–water partition coefficient (Wildman–Crippen LogP) is 4.71. The molecule has 0 aliphatic heterocycles. The van der Waals surface area contributed by atoms with Crippen LogP contribution < -0.4 is 15.2 Å². The standard InChI is InChI=1S/C13H10Cl2N2O4.ClH/c1-20-12-6-11(17(18)19)10(16)5-13(12)21-7-2-3-8(14)9(15)4-7;/h2-6H,16H2,1H3;1H. The van der Waals surface area contributed by atoms with Gasteiger partial charge in [0.25, 0.3) is 5.69 Å². The van der Waals surface area contributed by atoms with Gasteiger partial charge < -0.3 is 15.2 Å². The molecule has 0 radical (unpaired) electrons. The molecule has 2 aromatic rings. The number of ether oxygens (including phenoxy) is 2. The summed E-state index contributed by atoms with van der Waals surface area (Å²) in [6, 6.07) is 7.20. The van der Waals surface area contributed by atoms with Gasteiger partial charge in [0.05, 0.1) is 28.1 Å². The number of hydrogen-bond donors (Lipinski definition) is 1. The van der Waals surface area contributed by atoms with E-state index >= 15 is 0 Å². The predicted molar refractivity (Wildman–Crippen MR) is 87.8 cm³/mol. The molecule has 0 unspecified atom stereocenters. The van der Waals surface area contributed by atoms with E-state index in [-0.39, 0.29) is 35.3 Å². The summed E-state index contributed by atoms with van der Waals surface area (Å²) in [5.74, 6) is 0.817. The highest BCUT2D eigenvalue weighted by Crippen LogP contribution is 2.39. The van der Waals surface area contributed by atoms with Crippen LogP contribution in [0.2, 0.25) is 10.0 Å². The lowest BCUT2D eigenvalue weighted by molar-refractivity contribution is -0.384. The Hall–Kier alpha value is -1.89. The van der Waals surface area contributed by atoms with Crippen LogP contribution in [0.5, 0.6) is 17.2 Å². The molecule has 9 heteroatoms. The number of hydrogen-bond acceptors (Lipinski definition) is 5. The lowest BCUT2D eigenvalue weighted by Gasteiger charge is -2.11. The topological polar surface area (TPSA) is 87.6 Å². The number of rotatable bonds is 4. The second-order valence-electron chi connectivity index (χ2n) is 4.00. The highest BCUT2D eigenvalue weighted by Gasteiger charge is 2.18. The van der Waals surface area contributed by atoms with E-state index in [1.807, 2.05) is 0 Å². The van der Waals surface area contributed by atoms with Crippen molar-refractivity contribution in [3.63, 3.8) is 0 Å². The van der Waals surface area contributed by atoms with Gasteiger partial charge >= 0.3 is 0 Å². The van der Waals surface area contributed by atoms with Gasteiger partial charge in [0, 0.05) is 12.1 Å². The molecule has 6 nitrogen and oxygen atoms in total. The van der Waals surface area contributed by atoms with Gasteiger partial charge in [0.1, 0.15) is 11.4 Å². The fourth-order valence-electron chi connectivity index (χ4n) is 1.63. The quantitative estimate of drug-likeness (QED) is 0.482. The van der Waals surface area contributed by atoms with E-state index in [9.17, 15) is 10.1 Å². The smallest absolute Gasteiger partial charge is 0.296 e. The van der Waals surface area contributed by atoms with E-state index in [0.717, 1.165) is 0 Å². The Balaban J connectivity index is 0.00000242. The molecule has 22 heavy (non-hydrogen) atoms. The summed E-state index contributed by atoms with van der Waals surface area (Å²) in [5.41, 5.74) is 5.34. The van der Waals surface area contributed by atoms with E-state index in [4.69, 9.17) is 38.4 Å². The third-order valence-corrected chi connectivity index (χ3v) is 3.37. The molecule has 0 amide bonds. The van der Waals surface area contributed by atoms with Crippen molar-refractivity contribution in [3.05, 3.63) is 50.5 Å². The Morgan fingerprint density at radius 1 is 1.14 bits per heavy atom. The van der Waals surface area contributed by atoms with Gasteiger partial charge in [-0.2, -0.15) is 0 Å². The summed E-state index contributed by atoms with van der Waals surface area (Å²) in [5, 5.41) is 11.5. The van der Waals surface area contributed by atoms with E-state index < -0.39 is 4.92 Å². The van der Waals surface area contributed by atoms with Gasteiger partial charge in [0.15, 0.2) is 11.5 Å². The average molecular weight is 366 g/mol. The molecule has 0 aliphatic rings. The van der Waals surface area contributed by atoms with Crippen LogP contribution in [0.25, 0.3) is 0 Å². The maximum atomic E-state index is 10.8. The Kier molecular flexibility index (Phi) is 6.11. The molecule has 0 spiro atoms.